The minimum Gasteiger partial charge on any atom is -0.489 e. The number of nitrogens with two attached hydrogens (primary N) is 1. The van der Waals surface area contributed by atoms with Crippen molar-refractivity contribution >= 4 is 17.8 Å². The maximum Gasteiger partial charge on any atom is 0.322 e. The van der Waals surface area contributed by atoms with Crippen molar-refractivity contribution in [1.82, 2.24) is 10.6 Å². The minimum atomic E-state index is -1.44. The summed E-state index contributed by atoms with van der Waals surface area (Å²) in [4.78, 5) is 34.7. The third kappa shape index (κ3) is 2.08. The van der Waals surface area contributed by atoms with Crippen LogP contribution in [-0.2, 0) is 15.1 Å². The summed E-state index contributed by atoms with van der Waals surface area (Å²) in [5, 5.41) is 4.64. The minimum absolute atomic E-state index is 0.00394. The summed E-state index contributed by atoms with van der Waals surface area (Å²) >= 11 is 0. The fourth-order valence-corrected chi connectivity index (χ4v) is 2.77. The number of halogens is 1. The van der Waals surface area contributed by atoms with Gasteiger partial charge in [0.25, 0.3) is 5.91 Å². The molecule has 1 aromatic carbocycles. The van der Waals surface area contributed by atoms with Crippen LogP contribution in [-0.4, -0.2) is 23.9 Å². The number of nitrogens with one attached hydrogen (secondary N) is 2. The second-order valence-corrected chi connectivity index (χ2v) is 5.07. The lowest BCUT2D eigenvalue weighted by molar-refractivity contribution is -0.127. The molecule has 0 aromatic heterocycles. The molecule has 110 valence electrons. The molecule has 2 aliphatic rings. The van der Waals surface area contributed by atoms with Gasteiger partial charge in [0.1, 0.15) is 17.7 Å². The number of rotatable bonds is 2. The normalized spacial score (nSPS) is 26.8. The summed E-state index contributed by atoms with van der Waals surface area (Å²) in [6, 6.07) is 3.00. The first-order chi connectivity index (χ1) is 9.90. The lowest BCUT2D eigenvalue weighted by Crippen LogP contribution is -2.51. The van der Waals surface area contributed by atoms with E-state index in [1.165, 1.54) is 12.1 Å². The molecule has 1 saturated heterocycles. The molecule has 7 nitrogen and oxygen atoms in total. The van der Waals surface area contributed by atoms with Crippen molar-refractivity contribution in [3.05, 3.63) is 29.6 Å². The Labute approximate surface area is 118 Å². The standard InChI is InChI=1S/C13H12FN3O4/c14-6-1-2-9-8(3-6)13(11(19)16-12(20)17-13)5-7(21-9)4-10(15)18/h1-3,7H,4-5H2,(H2,15,18)(H2,16,17,19,20)/t7-,13+/m1/s1. The molecular weight excluding hydrogens is 281 g/mol. The van der Waals surface area contributed by atoms with Gasteiger partial charge in [0.15, 0.2) is 5.54 Å². The quantitative estimate of drug-likeness (QED) is 0.660. The number of ether oxygens (including phenoxy) is 1. The number of fused-ring (bicyclic) bond motifs is 2. The molecule has 21 heavy (non-hydrogen) atoms. The summed E-state index contributed by atoms with van der Waals surface area (Å²) in [5.74, 6) is -1.51. The molecule has 1 spiro atoms. The van der Waals surface area contributed by atoms with Gasteiger partial charge in [-0.3, -0.25) is 14.9 Å². The van der Waals surface area contributed by atoms with Crippen LogP contribution in [0.5, 0.6) is 5.75 Å². The van der Waals surface area contributed by atoms with Crippen molar-refractivity contribution in [3.8, 4) is 5.75 Å². The predicted octanol–water partition coefficient (Wildman–Crippen LogP) is -0.113. The smallest absolute Gasteiger partial charge is 0.322 e. The van der Waals surface area contributed by atoms with Crippen molar-refractivity contribution in [3.63, 3.8) is 0 Å². The van der Waals surface area contributed by atoms with E-state index in [1.807, 2.05) is 0 Å². The summed E-state index contributed by atoms with van der Waals surface area (Å²) in [6.07, 6.45) is -0.782. The summed E-state index contributed by atoms with van der Waals surface area (Å²) < 4.78 is 19.1. The number of amides is 4. The zero-order chi connectivity index (χ0) is 15.2. The SMILES string of the molecule is NC(=O)C[C@@H]1C[C@]2(NC(=O)NC2=O)c2cc(F)ccc2O1. The van der Waals surface area contributed by atoms with E-state index in [0.29, 0.717) is 0 Å². The predicted molar refractivity (Wildman–Crippen MR) is 67.6 cm³/mol. The maximum absolute atomic E-state index is 13.5. The Hall–Kier alpha value is -2.64. The van der Waals surface area contributed by atoms with E-state index in [-0.39, 0.29) is 24.2 Å². The van der Waals surface area contributed by atoms with Crippen molar-refractivity contribution in [2.75, 3.05) is 0 Å². The van der Waals surface area contributed by atoms with E-state index in [1.54, 1.807) is 0 Å². The average Bonchev–Trinajstić information content (AvgIpc) is 2.65. The topological polar surface area (TPSA) is 111 Å². The van der Waals surface area contributed by atoms with E-state index < -0.39 is 35.3 Å². The Morgan fingerprint density at radius 2 is 2.24 bits per heavy atom. The third-order valence-electron chi connectivity index (χ3n) is 3.60. The molecule has 3 rings (SSSR count). The molecule has 4 N–H and O–H groups in total. The number of hydrogen-bond donors (Lipinski definition) is 3. The number of urea groups is 1. The van der Waals surface area contributed by atoms with E-state index in [0.717, 1.165) is 6.07 Å². The molecule has 0 radical (unpaired) electrons. The zero-order valence-electron chi connectivity index (χ0n) is 10.8. The molecule has 2 heterocycles. The highest BCUT2D eigenvalue weighted by Crippen LogP contribution is 2.42. The summed E-state index contributed by atoms with van der Waals surface area (Å²) in [7, 11) is 0. The van der Waals surface area contributed by atoms with Crippen LogP contribution < -0.4 is 21.1 Å². The van der Waals surface area contributed by atoms with Crippen LogP contribution in [0.25, 0.3) is 0 Å². The number of imide groups is 1. The largest absolute Gasteiger partial charge is 0.489 e. The van der Waals surface area contributed by atoms with Gasteiger partial charge in [-0.2, -0.15) is 0 Å². The van der Waals surface area contributed by atoms with Crippen molar-refractivity contribution in [1.29, 1.82) is 0 Å². The highest BCUT2D eigenvalue weighted by atomic mass is 19.1. The first-order valence-electron chi connectivity index (χ1n) is 6.29. The third-order valence-corrected chi connectivity index (χ3v) is 3.60. The second kappa shape index (κ2) is 4.44. The lowest BCUT2D eigenvalue weighted by atomic mass is 9.81. The molecule has 2 atom stereocenters. The van der Waals surface area contributed by atoms with Gasteiger partial charge < -0.3 is 15.8 Å². The highest BCUT2D eigenvalue weighted by molar-refractivity contribution is 6.08. The number of carbonyl (C=O) groups is 3. The monoisotopic (exact) mass is 293 g/mol. The fourth-order valence-electron chi connectivity index (χ4n) is 2.77. The number of primary amides is 1. The molecule has 1 aromatic rings. The van der Waals surface area contributed by atoms with Gasteiger partial charge in [-0.05, 0) is 18.2 Å². The van der Waals surface area contributed by atoms with Crippen LogP contribution in [0.15, 0.2) is 18.2 Å². The van der Waals surface area contributed by atoms with Gasteiger partial charge in [-0.15, -0.1) is 0 Å². The Kier molecular flexibility index (Phi) is 2.82. The molecule has 1 fully saturated rings. The van der Waals surface area contributed by atoms with Gasteiger partial charge in [0, 0.05) is 12.0 Å². The van der Waals surface area contributed by atoms with Crippen LogP contribution in [0, 0.1) is 5.82 Å². The van der Waals surface area contributed by atoms with E-state index >= 15 is 0 Å². The molecule has 4 amide bonds. The van der Waals surface area contributed by atoms with Gasteiger partial charge >= 0.3 is 6.03 Å². The lowest BCUT2D eigenvalue weighted by Gasteiger charge is -2.37. The summed E-state index contributed by atoms with van der Waals surface area (Å²) in [6.45, 7) is 0. The van der Waals surface area contributed by atoms with Gasteiger partial charge in [0.2, 0.25) is 5.91 Å². The van der Waals surface area contributed by atoms with Crippen molar-refractivity contribution in [2.24, 2.45) is 5.73 Å². The van der Waals surface area contributed by atoms with Crippen molar-refractivity contribution < 1.29 is 23.5 Å². The molecule has 2 aliphatic heterocycles. The van der Waals surface area contributed by atoms with Crippen LogP contribution in [0.2, 0.25) is 0 Å². The van der Waals surface area contributed by atoms with Crippen LogP contribution in [0.4, 0.5) is 9.18 Å². The zero-order valence-corrected chi connectivity index (χ0v) is 10.8. The Morgan fingerprint density at radius 1 is 1.48 bits per heavy atom. The molecule has 0 bridgehead atoms. The van der Waals surface area contributed by atoms with Gasteiger partial charge in [-0.1, -0.05) is 0 Å². The van der Waals surface area contributed by atoms with Crippen molar-refractivity contribution in [2.45, 2.75) is 24.5 Å². The Balaban J connectivity index is 2.10. The second-order valence-electron chi connectivity index (χ2n) is 5.07. The summed E-state index contributed by atoms with van der Waals surface area (Å²) in [5.41, 5.74) is 3.94. The number of hydrogen-bond acceptors (Lipinski definition) is 4. The Bertz CT molecular complexity index is 663. The number of carbonyl (C=O) groups excluding carboxylic acids is 3. The van der Waals surface area contributed by atoms with Gasteiger partial charge in [-0.25, -0.2) is 9.18 Å². The number of benzene rings is 1. The molecule has 8 heteroatoms. The van der Waals surface area contributed by atoms with Gasteiger partial charge in [0.05, 0.1) is 6.42 Å². The van der Waals surface area contributed by atoms with Crippen LogP contribution in [0.1, 0.15) is 18.4 Å². The molecule has 0 unspecified atom stereocenters. The first kappa shape index (κ1) is 13.3. The molecule has 0 aliphatic carbocycles. The molecule has 0 saturated carbocycles. The average molecular weight is 293 g/mol. The first-order valence-corrected chi connectivity index (χ1v) is 6.29. The fraction of sp³-hybridized carbons (Fsp3) is 0.308. The Morgan fingerprint density at radius 3 is 2.86 bits per heavy atom. The van der Waals surface area contributed by atoms with E-state index in [2.05, 4.69) is 10.6 Å². The molecular formula is C13H12FN3O4. The van der Waals surface area contributed by atoms with E-state index in [4.69, 9.17) is 10.5 Å². The van der Waals surface area contributed by atoms with E-state index in [9.17, 15) is 18.8 Å². The van der Waals surface area contributed by atoms with Crippen LogP contribution >= 0.6 is 0 Å². The maximum atomic E-state index is 13.5. The van der Waals surface area contributed by atoms with Crippen LogP contribution in [0.3, 0.4) is 0 Å². The highest BCUT2D eigenvalue weighted by Gasteiger charge is 2.53.